The van der Waals surface area contributed by atoms with Gasteiger partial charge in [-0.05, 0) is 19.4 Å². The van der Waals surface area contributed by atoms with E-state index in [2.05, 4.69) is 17.4 Å². The number of thioether (sulfide) groups is 1. The molecule has 1 aromatic rings. The highest BCUT2D eigenvalue weighted by molar-refractivity contribution is 7.99. The number of benzene rings is 1. The van der Waals surface area contributed by atoms with Crippen molar-refractivity contribution in [3.8, 4) is 0 Å². The molecule has 0 saturated carbocycles. The summed E-state index contributed by atoms with van der Waals surface area (Å²) in [5.74, 6) is 1.70. The fraction of sp³-hybridized carbons (Fsp3) is 0.556. The van der Waals surface area contributed by atoms with Crippen molar-refractivity contribution in [2.75, 3.05) is 38.5 Å². The zero-order valence-corrected chi connectivity index (χ0v) is 15.4. The van der Waals surface area contributed by atoms with Gasteiger partial charge in [-0.3, -0.25) is 9.59 Å². The largest absolute Gasteiger partial charge is 0.349 e. The molecule has 2 rings (SSSR count). The van der Waals surface area contributed by atoms with Crippen LogP contribution in [0.5, 0.6) is 0 Å². The Kier molecular flexibility index (Phi) is 7.59. The van der Waals surface area contributed by atoms with Gasteiger partial charge in [0, 0.05) is 11.8 Å². The number of hydrogen-bond donors (Lipinski definition) is 2. The van der Waals surface area contributed by atoms with Crippen LogP contribution in [0.15, 0.2) is 30.3 Å². The smallest absolute Gasteiger partial charge is 0.275 e. The molecular formula is C18H28N3O2S+. The van der Waals surface area contributed by atoms with Gasteiger partial charge in [0.2, 0.25) is 5.91 Å². The van der Waals surface area contributed by atoms with Gasteiger partial charge in [0.15, 0.2) is 6.54 Å². The molecule has 1 heterocycles. The van der Waals surface area contributed by atoms with E-state index < -0.39 is 0 Å². The molecule has 0 unspecified atom stereocenters. The van der Waals surface area contributed by atoms with E-state index in [0.717, 1.165) is 31.9 Å². The van der Waals surface area contributed by atoms with Crippen molar-refractivity contribution in [1.29, 1.82) is 0 Å². The van der Waals surface area contributed by atoms with Crippen molar-refractivity contribution in [3.63, 3.8) is 0 Å². The molecule has 132 valence electrons. The zero-order chi connectivity index (χ0) is 17.4. The lowest BCUT2D eigenvalue weighted by Crippen LogP contribution is -3.16. The predicted molar refractivity (Wildman–Crippen MR) is 98.0 cm³/mol. The van der Waals surface area contributed by atoms with E-state index in [9.17, 15) is 9.59 Å². The van der Waals surface area contributed by atoms with Gasteiger partial charge in [-0.15, -0.1) is 11.8 Å². The standard InChI is InChI=1S/C18H27N3O2S/c1-15(2)19-17(22)12-20-8-10-21(11-9-20)18(23)14-24-13-16-6-4-3-5-7-16/h3-7,15H,8-14H2,1-2H3,(H,19,22)/p+1. The van der Waals surface area contributed by atoms with Crippen LogP contribution in [-0.2, 0) is 15.3 Å². The highest BCUT2D eigenvalue weighted by Gasteiger charge is 2.25. The van der Waals surface area contributed by atoms with E-state index in [1.54, 1.807) is 11.8 Å². The number of carbonyl (C=O) groups excluding carboxylic acids is 2. The van der Waals surface area contributed by atoms with Gasteiger partial charge < -0.3 is 15.1 Å². The van der Waals surface area contributed by atoms with Crippen molar-refractivity contribution in [2.24, 2.45) is 0 Å². The number of carbonyl (C=O) groups is 2. The maximum atomic E-state index is 12.3. The highest BCUT2D eigenvalue weighted by Crippen LogP contribution is 2.12. The number of piperazine rings is 1. The molecule has 0 bridgehead atoms. The fourth-order valence-electron chi connectivity index (χ4n) is 2.77. The number of nitrogens with zero attached hydrogens (tertiary/aromatic N) is 1. The lowest BCUT2D eigenvalue weighted by molar-refractivity contribution is -0.896. The summed E-state index contributed by atoms with van der Waals surface area (Å²) in [5, 5.41) is 2.92. The molecular weight excluding hydrogens is 322 g/mol. The average molecular weight is 351 g/mol. The van der Waals surface area contributed by atoms with Crippen LogP contribution < -0.4 is 10.2 Å². The average Bonchev–Trinajstić information content (AvgIpc) is 2.55. The van der Waals surface area contributed by atoms with Crippen LogP contribution >= 0.6 is 11.8 Å². The Bertz CT molecular complexity index is 528. The second kappa shape index (κ2) is 9.69. The SMILES string of the molecule is CC(C)NC(=O)C[NH+]1CCN(C(=O)CSCc2ccccc2)CC1. The molecule has 1 aliphatic heterocycles. The number of nitrogens with one attached hydrogen (secondary N) is 2. The molecule has 0 radical (unpaired) electrons. The number of rotatable bonds is 7. The highest BCUT2D eigenvalue weighted by atomic mass is 32.2. The van der Waals surface area contributed by atoms with E-state index in [1.807, 2.05) is 36.9 Å². The van der Waals surface area contributed by atoms with E-state index in [-0.39, 0.29) is 17.9 Å². The first-order valence-corrected chi connectivity index (χ1v) is 9.72. The number of quaternary nitrogens is 1. The van der Waals surface area contributed by atoms with Crippen molar-refractivity contribution >= 4 is 23.6 Å². The van der Waals surface area contributed by atoms with Gasteiger partial charge in [-0.1, -0.05) is 30.3 Å². The van der Waals surface area contributed by atoms with Gasteiger partial charge in [-0.25, -0.2) is 0 Å². The first-order valence-electron chi connectivity index (χ1n) is 8.57. The summed E-state index contributed by atoms with van der Waals surface area (Å²) in [4.78, 5) is 27.3. The molecule has 2 N–H and O–H groups in total. The van der Waals surface area contributed by atoms with E-state index in [0.29, 0.717) is 12.3 Å². The summed E-state index contributed by atoms with van der Waals surface area (Å²) in [6.07, 6.45) is 0. The minimum Gasteiger partial charge on any atom is -0.349 e. The Morgan fingerprint density at radius 3 is 2.50 bits per heavy atom. The third-order valence-corrected chi connectivity index (χ3v) is 5.01. The maximum absolute atomic E-state index is 12.3. The van der Waals surface area contributed by atoms with Crippen LogP contribution in [0.4, 0.5) is 0 Å². The molecule has 0 aromatic heterocycles. The van der Waals surface area contributed by atoms with Gasteiger partial charge in [0.05, 0.1) is 31.9 Å². The minimum absolute atomic E-state index is 0.0955. The fourth-order valence-corrected chi connectivity index (χ4v) is 3.66. The Morgan fingerprint density at radius 1 is 1.21 bits per heavy atom. The summed E-state index contributed by atoms with van der Waals surface area (Å²) in [6.45, 7) is 7.63. The van der Waals surface area contributed by atoms with Crippen LogP contribution in [0.25, 0.3) is 0 Å². The molecule has 0 spiro atoms. The van der Waals surface area contributed by atoms with Gasteiger partial charge in [0.1, 0.15) is 0 Å². The molecule has 0 aliphatic carbocycles. The first-order chi connectivity index (χ1) is 11.5. The molecule has 24 heavy (non-hydrogen) atoms. The molecule has 6 heteroatoms. The minimum atomic E-state index is 0.0955. The Labute approximate surface area is 148 Å². The summed E-state index contributed by atoms with van der Waals surface area (Å²) in [5.41, 5.74) is 1.25. The van der Waals surface area contributed by atoms with Crippen LogP contribution in [0.2, 0.25) is 0 Å². The first kappa shape index (κ1) is 18.8. The van der Waals surface area contributed by atoms with Crippen molar-refractivity contribution in [1.82, 2.24) is 10.2 Å². The topological polar surface area (TPSA) is 53.9 Å². The van der Waals surface area contributed by atoms with Crippen molar-refractivity contribution < 1.29 is 14.5 Å². The predicted octanol–water partition coefficient (Wildman–Crippen LogP) is 0.172. The van der Waals surface area contributed by atoms with Crippen molar-refractivity contribution in [2.45, 2.75) is 25.6 Å². The number of amides is 2. The molecule has 1 aromatic carbocycles. The van der Waals surface area contributed by atoms with Gasteiger partial charge >= 0.3 is 0 Å². The Hall–Kier alpha value is -1.53. The Balaban J connectivity index is 1.64. The quantitative estimate of drug-likeness (QED) is 0.737. The third-order valence-electron chi connectivity index (χ3n) is 4.02. The summed E-state index contributed by atoms with van der Waals surface area (Å²) in [6, 6.07) is 10.4. The number of hydrogen-bond acceptors (Lipinski definition) is 3. The normalized spacial score (nSPS) is 15.5. The molecule has 1 fully saturated rings. The Morgan fingerprint density at radius 2 is 1.88 bits per heavy atom. The molecule has 1 aliphatic rings. The molecule has 0 atom stereocenters. The molecule has 5 nitrogen and oxygen atoms in total. The second-order valence-corrected chi connectivity index (χ2v) is 7.49. The van der Waals surface area contributed by atoms with E-state index in [1.165, 1.54) is 10.5 Å². The van der Waals surface area contributed by atoms with Gasteiger partial charge in [0.25, 0.3) is 5.91 Å². The van der Waals surface area contributed by atoms with E-state index in [4.69, 9.17) is 0 Å². The summed E-state index contributed by atoms with van der Waals surface area (Å²) < 4.78 is 0. The lowest BCUT2D eigenvalue weighted by atomic mass is 10.2. The molecule has 2 amide bonds. The zero-order valence-electron chi connectivity index (χ0n) is 14.6. The second-order valence-electron chi connectivity index (χ2n) is 6.51. The maximum Gasteiger partial charge on any atom is 0.275 e. The van der Waals surface area contributed by atoms with E-state index >= 15 is 0 Å². The third kappa shape index (κ3) is 6.53. The van der Waals surface area contributed by atoms with Crippen LogP contribution in [0.1, 0.15) is 19.4 Å². The lowest BCUT2D eigenvalue weighted by Gasteiger charge is -2.32. The monoisotopic (exact) mass is 350 g/mol. The van der Waals surface area contributed by atoms with Crippen molar-refractivity contribution in [3.05, 3.63) is 35.9 Å². The molecule has 1 saturated heterocycles. The van der Waals surface area contributed by atoms with Crippen LogP contribution in [0, 0.1) is 0 Å². The van der Waals surface area contributed by atoms with Crippen LogP contribution in [0.3, 0.4) is 0 Å². The van der Waals surface area contributed by atoms with Gasteiger partial charge in [-0.2, -0.15) is 0 Å². The summed E-state index contributed by atoms with van der Waals surface area (Å²) in [7, 11) is 0. The summed E-state index contributed by atoms with van der Waals surface area (Å²) >= 11 is 1.66. The van der Waals surface area contributed by atoms with Crippen LogP contribution in [-0.4, -0.2) is 61.2 Å².